The van der Waals surface area contributed by atoms with E-state index in [4.69, 9.17) is 5.73 Å². The van der Waals surface area contributed by atoms with Gasteiger partial charge in [-0.2, -0.15) is 0 Å². The maximum Gasteiger partial charge on any atom is 0.248 e. The zero-order valence-corrected chi connectivity index (χ0v) is 15.3. The highest BCUT2D eigenvalue weighted by molar-refractivity contribution is 9.10. The van der Waals surface area contributed by atoms with E-state index in [0.29, 0.717) is 12.0 Å². The van der Waals surface area contributed by atoms with Gasteiger partial charge in [-0.1, -0.05) is 15.9 Å². The zero-order chi connectivity index (χ0) is 16.9. The maximum absolute atomic E-state index is 12.6. The number of alkyl halides is 1. The Bertz CT molecular complexity index is 671. The Hall–Kier alpha value is -1.36. The second kappa shape index (κ2) is 5.58. The van der Waals surface area contributed by atoms with E-state index in [2.05, 4.69) is 21.2 Å². The molecule has 1 aromatic carbocycles. The summed E-state index contributed by atoms with van der Waals surface area (Å²) in [5.74, 6) is 1.20. The summed E-state index contributed by atoms with van der Waals surface area (Å²) < 4.78 is 0.278. The number of carbonyl (C=O) groups excluding carboxylic acids is 2. The minimum absolute atomic E-state index is 0.0832. The van der Waals surface area contributed by atoms with Gasteiger partial charge < -0.3 is 11.1 Å². The van der Waals surface area contributed by atoms with Crippen LogP contribution in [0.5, 0.6) is 0 Å². The Morgan fingerprint density at radius 1 is 1.12 bits per heavy atom. The van der Waals surface area contributed by atoms with Gasteiger partial charge in [0.2, 0.25) is 11.8 Å². The molecule has 5 heteroatoms. The molecule has 128 valence electrons. The van der Waals surface area contributed by atoms with E-state index in [9.17, 15) is 9.59 Å². The van der Waals surface area contributed by atoms with Crippen LogP contribution in [0.15, 0.2) is 24.3 Å². The highest BCUT2D eigenvalue weighted by Crippen LogP contribution is 2.65. The summed E-state index contributed by atoms with van der Waals surface area (Å²) in [5.41, 5.74) is 6.59. The molecular formula is C19H23BrN2O2. The molecule has 4 aliphatic rings. The number of amides is 2. The molecule has 0 aromatic heterocycles. The number of hydrogen-bond donors (Lipinski definition) is 2. The SMILES string of the molecule is NC(=O)c1ccc(NC(=O)CC23C[C@@H]4C[C@@H](CC(Br)(C4)C2)C3)cc1. The van der Waals surface area contributed by atoms with Gasteiger partial charge in [0.25, 0.3) is 0 Å². The van der Waals surface area contributed by atoms with Crippen molar-refractivity contribution >= 4 is 33.4 Å². The van der Waals surface area contributed by atoms with E-state index in [0.717, 1.165) is 23.9 Å². The summed E-state index contributed by atoms with van der Waals surface area (Å²) in [5, 5.41) is 2.99. The molecule has 4 nitrogen and oxygen atoms in total. The van der Waals surface area contributed by atoms with Crippen molar-refractivity contribution in [3.63, 3.8) is 0 Å². The number of anilines is 1. The van der Waals surface area contributed by atoms with Crippen LogP contribution in [-0.2, 0) is 4.79 Å². The number of carbonyl (C=O) groups is 2. The molecule has 0 aliphatic heterocycles. The fourth-order valence-corrected chi connectivity index (χ4v) is 7.32. The molecule has 4 fully saturated rings. The van der Waals surface area contributed by atoms with Crippen molar-refractivity contribution in [1.29, 1.82) is 0 Å². The van der Waals surface area contributed by atoms with Crippen LogP contribution in [0.25, 0.3) is 0 Å². The quantitative estimate of drug-likeness (QED) is 0.766. The number of rotatable bonds is 4. The van der Waals surface area contributed by atoms with E-state index in [1.54, 1.807) is 24.3 Å². The van der Waals surface area contributed by atoms with Gasteiger partial charge in [-0.3, -0.25) is 9.59 Å². The summed E-state index contributed by atoms with van der Waals surface area (Å²) in [6, 6.07) is 6.78. The third kappa shape index (κ3) is 2.99. The van der Waals surface area contributed by atoms with Crippen molar-refractivity contribution in [2.75, 3.05) is 5.32 Å². The largest absolute Gasteiger partial charge is 0.366 e. The number of benzene rings is 1. The molecule has 1 aromatic rings. The minimum Gasteiger partial charge on any atom is -0.366 e. The van der Waals surface area contributed by atoms with Gasteiger partial charge >= 0.3 is 0 Å². The fourth-order valence-electron chi connectivity index (χ4n) is 5.81. The highest BCUT2D eigenvalue weighted by Gasteiger charge is 2.57. The monoisotopic (exact) mass is 390 g/mol. The van der Waals surface area contributed by atoms with Crippen LogP contribution in [0.1, 0.15) is 55.3 Å². The first-order chi connectivity index (χ1) is 11.3. The molecule has 4 saturated carbocycles. The lowest BCUT2D eigenvalue weighted by Crippen LogP contribution is -2.53. The van der Waals surface area contributed by atoms with Crippen molar-refractivity contribution < 1.29 is 9.59 Å². The average molecular weight is 391 g/mol. The fraction of sp³-hybridized carbons (Fsp3) is 0.579. The molecule has 4 aliphatic carbocycles. The van der Waals surface area contributed by atoms with Crippen LogP contribution in [0.4, 0.5) is 5.69 Å². The second-order valence-electron chi connectivity index (χ2n) is 8.28. The maximum atomic E-state index is 12.6. The summed E-state index contributed by atoms with van der Waals surface area (Å²) >= 11 is 4.00. The molecule has 3 N–H and O–H groups in total. The number of hydrogen-bond acceptors (Lipinski definition) is 2. The lowest BCUT2D eigenvalue weighted by Gasteiger charge is -2.60. The number of primary amides is 1. The normalized spacial score (nSPS) is 36.5. The third-order valence-corrected chi connectivity index (χ3v) is 7.03. The molecule has 0 spiro atoms. The molecule has 0 saturated heterocycles. The number of nitrogens with two attached hydrogens (primary N) is 1. The van der Waals surface area contributed by atoms with E-state index in [1.165, 1.54) is 32.1 Å². The Kier molecular flexibility index (Phi) is 3.75. The standard InChI is InChI=1S/C19H23BrN2O2/c20-19-8-12-5-13(9-19)7-18(6-12,11-19)10-16(23)22-15-3-1-14(2-4-15)17(21)24/h1-4,12-13H,5-11H2,(H2,21,24)(H,22,23)/t12-,13+,18?,19?. The van der Waals surface area contributed by atoms with Crippen LogP contribution in [0.3, 0.4) is 0 Å². The number of halogens is 1. The summed E-state index contributed by atoms with van der Waals surface area (Å²) in [6.45, 7) is 0. The second-order valence-corrected chi connectivity index (χ2v) is 9.96. The molecule has 4 bridgehead atoms. The zero-order valence-electron chi connectivity index (χ0n) is 13.7. The summed E-state index contributed by atoms with van der Waals surface area (Å²) in [4.78, 5) is 23.7. The van der Waals surface area contributed by atoms with Gasteiger partial charge in [-0.15, -0.1) is 0 Å². The van der Waals surface area contributed by atoms with Gasteiger partial charge in [-0.25, -0.2) is 0 Å². The highest BCUT2D eigenvalue weighted by atomic mass is 79.9. The first-order valence-electron chi connectivity index (χ1n) is 8.74. The Labute approximate surface area is 150 Å². The van der Waals surface area contributed by atoms with Crippen LogP contribution < -0.4 is 11.1 Å². The first-order valence-corrected chi connectivity index (χ1v) is 9.53. The van der Waals surface area contributed by atoms with Crippen molar-refractivity contribution in [2.24, 2.45) is 23.0 Å². The molecule has 2 amide bonds. The molecule has 0 radical (unpaired) electrons. The van der Waals surface area contributed by atoms with Gasteiger partial charge in [0.1, 0.15) is 0 Å². The predicted octanol–water partition coefficient (Wildman–Crippen LogP) is 3.85. The molecule has 2 unspecified atom stereocenters. The van der Waals surface area contributed by atoms with Crippen molar-refractivity contribution in [1.82, 2.24) is 0 Å². The molecule has 24 heavy (non-hydrogen) atoms. The topological polar surface area (TPSA) is 72.2 Å². The summed E-state index contributed by atoms with van der Waals surface area (Å²) in [7, 11) is 0. The van der Waals surface area contributed by atoms with Gasteiger partial charge in [0.05, 0.1) is 0 Å². The molecular weight excluding hydrogens is 368 g/mol. The molecule has 5 rings (SSSR count). The Balaban J connectivity index is 1.43. The molecule has 0 heterocycles. The van der Waals surface area contributed by atoms with Crippen LogP contribution >= 0.6 is 15.9 Å². The van der Waals surface area contributed by atoms with E-state index in [1.807, 2.05) is 0 Å². The predicted molar refractivity (Wildman–Crippen MR) is 97.0 cm³/mol. The van der Waals surface area contributed by atoms with Crippen LogP contribution in [0.2, 0.25) is 0 Å². The van der Waals surface area contributed by atoms with Gasteiger partial charge in [0.15, 0.2) is 0 Å². The van der Waals surface area contributed by atoms with E-state index >= 15 is 0 Å². The lowest BCUT2D eigenvalue weighted by molar-refractivity contribution is -0.123. The smallest absolute Gasteiger partial charge is 0.248 e. The third-order valence-electron chi connectivity index (χ3n) is 6.10. The van der Waals surface area contributed by atoms with Gasteiger partial charge in [0, 0.05) is 22.0 Å². The average Bonchev–Trinajstić information content (AvgIpc) is 2.44. The van der Waals surface area contributed by atoms with Crippen molar-refractivity contribution in [2.45, 2.75) is 49.3 Å². The van der Waals surface area contributed by atoms with Crippen LogP contribution in [-0.4, -0.2) is 16.1 Å². The minimum atomic E-state index is -0.455. The summed E-state index contributed by atoms with van der Waals surface area (Å²) in [6.07, 6.45) is 8.04. The first kappa shape index (κ1) is 16.1. The van der Waals surface area contributed by atoms with E-state index < -0.39 is 5.91 Å². The van der Waals surface area contributed by atoms with E-state index in [-0.39, 0.29) is 15.6 Å². The van der Waals surface area contributed by atoms with Crippen molar-refractivity contribution in [3.05, 3.63) is 29.8 Å². The molecule has 4 atom stereocenters. The van der Waals surface area contributed by atoms with Crippen molar-refractivity contribution in [3.8, 4) is 0 Å². The van der Waals surface area contributed by atoms with Crippen LogP contribution in [0, 0.1) is 17.3 Å². The Morgan fingerprint density at radius 2 is 1.75 bits per heavy atom. The Morgan fingerprint density at radius 3 is 2.29 bits per heavy atom. The van der Waals surface area contributed by atoms with Gasteiger partial charge in [-0.05, 0) is 80.0 Å². The number of nitrogens with one attached hydrogen (secondary N) is 1. The lowest BCUT2D eigenvalue weighted by atomic mass is 9.48.